The predicted octanol–water partition coefficient (Wildman–Crippen LogP) is 3.05. The van der Waals surface area contributed by atoms with Crippen LogP contribution in [0.1, 0.15) is 21.8 Å². The summed E-state index contributed by atoms with van der Waals surface area (Å²) in [6.07, 6.45) is 0. The van der Waals surface area contributed by atoms with Gasteiger partial charge in [0.25, 0.3) is 0 Å². The first-order chi connectivity index (χ1) is 8.36. The van der Waals surface area contributed by atoms with Crippen LogP contribution in [0, 0.1) is 0 Å². The topological polar surface area (TPSA) is 26.3 Å². The number of benzene rings is 2. The van der Waals surface area contributed by atoms with Crippen molar-refractivity contribution in [2.24, 2.45) is 0 Å². The number of ketones is 1. The summed E-state index contributed by atoms with van der Waals surface area (Å²) in [5.74, 6) is 0.675. The molecule has 1 atom stereocenters. The van der Waals surface area contributed by atoms with Gasteiger partial charge in [-0.15, -0.1) is 0 Å². The van der Waals surface area contributed by atoms with Crippen LogP contribution in [0.25, 0.3) is 0 Å². The quantitative estimate of drug-likeness (QED) is 0.744. The maximum atomic E-state index is 12.3. The Morgan fingerprint density at radius 2 is 1.65 bits per heavy atom. The van der Waals surface area contributed by atoms with Gasteiger partial charge in [0.2, 0.25) is 0 Å². The second-order valence-electron chi connectivity index (χ2n) is 4.13. The number of rotatable bonds is 1. The van der Waals surface area contributed by atoms with E-state index >= 15 is 0 Å². The summed E-state index contributed by atoms with van der Waals surface area (Å²) in [6, 6.07) is 17.2. The van der Waals surface area contributed by atoms with Crippen LogP contribution in [0.5, 0.6) is 5.75 Å². The van der Waals surface area contributed by atoms with Gasteiger partial charge >= 0.3 is 0 Å². The maximum Gasteiger partial charge on any atom is 0.177 e. The molecule has 0 saturated carbocycles. The van der Waals surface area contributed by atoms with E-state index in [0.29, 0.717) is 17.9 Å². The highest BCUT2D eigenvalue weighted by Gasteiger charge is 2.29. The molecule has 1 heterocycles. The molecule has 0 fully saturated rings. The summed E-state index contributed by atoms with van der Waals surface area (Å²) in [7, 11) is 0. The first kappa shape index (κ1) is 10.1. The van der Waals surface area contributed by atoms with Gasteiger partial charge in [-0.25, -0.2) is 0 Å². The first-order valence-corrected chi connectivity index (χ1v) is 5.67. The van der Waals surface area contributed by atoms with Gasteiger partial charge in [-0.2, -0.15) is 0 Å². The number of ether oxygens (including phenoxy) is 1. The summed E-state index contributed by atoms with van der Waals surface area (Å²) >= 11 is 0. The maximum absolute atomic E-state index is 12.3. The van der Waals surface area contributed by atoms with Gasteiger partial charge in [-0.3, -0.25) is 4.79 Å². The minimum Gasteiger partial charge on any atom is -0.492 e. The van der Waals surface area contributed by atoms with Crippen molar-refractivity contribution >= 4 is 5.78 Å². The third-order valence-corrected chi connectivity index (χ3v) is 3.08. The third-order valence-electron chi connectivity index (χ3n) is 3.08. The molecule has 1 aliphatic heterocycles. The lowest BCUT2D eigenvalue weighted by atomic mass is 9.89. The van der Waals surface area contributed by atoms with Crippen LogP contribution >= 0.6 is 0 Å². The molecule has 0 bridgehead atoms. The third kappa shape index (κ3) is 1.72. The first-order valence-electron chi connectivity index (χ1n) is 5.67. The van der Waals surface area contributed by atoms with Gasteiger partial charge in [0.15, 0.2) is 5.78 Å². The van der Waals surface area contributed by atoms with Gasteiger partial charge in [0, 0.05) is 0 Å². The van der Waals surface area contributed by atoms with E-state index in [0.717, 1.165) is 5.56 Å². The van der Waals surface area contributed by atoms with Crippen LogP contribution in [-0.4, -0.2) is 12.4 Å². The molecule has 0 radical (unpaired) electrons. The highest BCUT2D eigenvalue weighted by atomic mass is 16.5. The normalized spacial score (nSPS) is 18.4. The average Bonchev–Trinajstić information content (AvgIpc) is 2.40. The monoisotopic (exact) mass is 224 g/mol. The van der Waals surface area contributed by atoms with Crippen LogP contribution in [0.3, 0.4) is 0 Å². The molecular formula is C15H12O2. The zero-order chi connectivity index (χ0) is 11.7. The highest BCUT2D eigenvalue weighted by molar-refractivity contribution is 6.04. The fourth-order valence-corrected chi connectivity index (χ4v) is 2.17. The van der Waals surface area contributed by atoms with E-state index < -0.39 is 0 Å². The summed E-state index contributed by atoms with van der Waals surface area (Å²) in [4.78, 5) is 12.3. The van der Waals surface area contributed by atoms with Crippen molar-refractivity contribution in [1.29, 1.82) is 0 Å². The Kier molecular flexibility index (Phi) is 2.41. The number of hydrogen-bond donors (Lipinski definition) is 0. The molecule has 0 spiro atoms. The number of fused-ring (bicyclic) bond motifs is 1. The smallest absolute Gasteiger partial charge is 0.177 e. The van der Waals surface area contributed by atoms with E-state index in [2.05, 4.69) is 0 Å². The number of Topliss-reactive ketones (excluding diaryl/α,β-unsaturated/α-hetero) is 1. The molecule has 0 unspecified atom stereocenters. The van der Waals surface area contributed by atoms with Crippen molar-refractivity contribution in [3.63, 3.8) is 0 Å². The minimum atomic E-state index is -0.175. The summed E-state index contributed by atoms with van der Waals surface area (Å²) < 4.78 is 5.64. The highest BCUT2D eigenvalue weighted by Crippen LogP contribution is 2.31. The van der Waals surface area contributed by atoms with Crippen LogP contribution in [-0.2, 0) is 0 Å². The van der Waals surface area contributed by atoms with Crippen molar-refractivity contribution in [3.8, 4) is 5.75 Å². The Labute approximate surface area is 99.9 Å². The molecule has 2 nitrogen and oxygen atoms in total. The van der Waals surface area contributed by atoms with Crippen LogP contribution in [0.2, 0.25) is 0 Å². The fraction of sp³-hybridized carbons (Fsp3) is 0.133. The van der Waals surface area contributed by atoms with Crippen molar-refractivity contribution in [1.82, 2.24) is 0 Å². The molecule has 0 amide bonds. The Balaban J connectivity index is 2.00. The lowest BCUT2D eigenvalue weighted by molar-refractivity contribution is 0.0896. The zero-order valence-electron chi connectivity index (χ0n) is 9.30. The standard InChI is InChI=1S/C15H12O2/c16-15-12-8-4-5-9-14(12)17-10-13(15)11-6-2-1-3-7-11/h1-9,13H,10H2/t13-/m1/s1. The van der Waals surface area contributed by atoms with E-state index in [1.165, 1.54) is 0 Å². The van der Waals surface area contributed by atoms with Gasteiger partial charge in [0.1, 0.15) is 12.4 Å². The van der Waals surface area contributed by atoms with E-state index in [1.54, 1.807) is 0 Å². The largest absolute Gasteiger partial charge is 0.492 e. The number of hydrogen-bond acceptors (Lipinski definition) is 2. The Morgan fingerprint density at radius 1 is 0.941 bits per heavy atom. The predicted molar refractivity (Wildman–Crippen MR) is 65.5 cm³/mol. The minimum absolute atomic E-state index is 0.151. The van der Waals surface area contributed by atoms with Gasteiger partial charge in [-0.1, -0.05) is 42.5 Å². The summed E-state index contributed by atoms with van der Waals surface area (Å²) in [6.45, 7) is 0.430. The zero-order valence-corrected chi connectivity index (χ0v) is 9.30. The molecule has 2 heteroatoms. The number of carbonyl (C=O) groups is 1. The summed E-state index contributed by atoms with van der Waals surface area (Å²) in [5, 5.41) is 0. The average molecular weight is 224 g/mol. The number of carbonyl (C=O) groups excluding carboxylic acids is 1. The molecule has 0 aliphatic carbocycles. The van der Waals surface area contributed by atoms with E-state index in [9.17, 15) is 4.79 Å². The van der Waals surface area contributed by atoms with Crippen molar-refractivity contribution < 1.29 is 9.53 Å². The van der Waals surface area contributed by atoms with E-state index in [1.807, 2.05) is 54.6 Å². The van der Waals surface area contributed by atoms with Crippen molar-refractivity contribution in [3.05, 3.63) is 65.7 Å². The van der Waals surface area contributed by atoms with Crippen LogP contribution < -0.4 is 4.74 Å². The van der Waals surface area contributed by atoms with Crippen molar-refractivity contribution in [2.45, 2.75) is 5.92 Å². The van der Waals surface area contributed by atoms with Gasteiger partial charge in [-0.05, 0) is 17.7 Å². The van der Waals surface area contributed by atoms with E-state index in [4.69, 9.17) is 4.74 Å². The Bertz CT molecular complexity index is 546. The molecule has 0 aromatic heterocycles. The van der Waals surface area contributed by atoms with Crippen molar-refractivity contribution in [2.75, 3.05) is 6.61 Å². The number of para-hydroxylation sites is 1. The molecule has 84 valence electrons. The molecule has 3 rings (SSSR count). The van der Waals surface area contributed by atoms with Gasteiger partial charge in [0.05, 0.1) is 11.5 Å². The molecular weight excluding hydrogens is 212 g/mol. The second-order valence-corrected chi connectivity index (χ2v) is 4.13. The van der Waals surface area contributed by atoms with Crippen LogP contribution in [0.15, 0.2) is 54.6 Å². The Morgan fingerprint density at radius 3 is 2.47 bits per heavy atom. The second kappa shape index (κ2) is 4.06. The Hall–Kier alpha value is -2.09. The molecule has 1 aliphatic rings. The molecule has 0 N–H and O–H groups in total. The molecule has 0 saturated heterocycles. The molecule has 17 heavy (non-hydrogen) atoms. The van der Waals surface area contributed by atoms with Gasteiger partial charge < -0.3 is 4.74 Å². The van der Waals surface area contributed by atoms with Crippen LogP contribution in [0.4, 0.5) is 0 Å². The fourth-order valence-electron chi connectivity index (χ4n) is 2.17. The van der Waals surface area contributed by atoms with E-state index in [-0.39, 0.29) is 11.7 Å². The summed E-state index contributed by atoms with van der Waals surface area (Å²) in [5.41, 5.74) is 1.71. The molecule has 2 aromatic carbocycles. The lowest BCUT2D eigenvalue weighted by Crippen LogP contribution is -2.25. The lowest BCUT2D eigenvalue weighted by Gasteiger charge is -2.24. The SMILES string of the molecule is O=C1c2ccccc2OC[C@@H]1c1ccccc1. The molecule has 2 aromatic rings.